The zero-order chi connectivity index (χ0) is 17.7. The minimum atomic E-state index is -0.962. The molecule has 1 heterocycles. The van der Waals surface area contributed by atoms with Crippen LogP contribution in [0.15, 0.2) is 30.3 Å². The molecule has 1 aromatic carbocycles. The number of hydrogen-bond donors (Lipinski definition) is 1. The van der Waals surface area contributed by atoms with Crippen molar-refractivity contribution < 1.29 is 19.4 Å². The van der Waals surface area contributed by atoms with Crippen LogP contribution in [0.4, 0.5) is 0 Å². The van der Waals surface area contributed by atoms with Gasteiger partial charge in [-0.1, -0.05) is 12.1 Å². The lowest BCUT2D eigenvalue weighted by molar-refractivity contribution is -0.125. The van der Waals surface area contributed by atoms with E-state index in [1.165, 1.54) is 18.2 Å². The molecule has 0 unspecified atom stereocenters. The molecule has 1 N–H and O–H groups in total. The van der Waals surface area contributed by atoms with Gasteiger partial charge in [0.25, 0.3) is 0 Å². The fourth-order valence-electron chi connectivity index (χ4n) is 2.85. The minimum absolute atomic E-state index is 0.0772. The summed E-state index contributed by atoms with van der Waals surface area (Å²) in [4.78, 5) is 27.0. The summed E-state index contributed by atoms with van der Waals surface area (Å²) in [5.74, 6) is -1.04. The summed E-state index contributed by atoms with van der Waals surface area (Å²) in [6.45, 7) is 1.53. The fraction of sp³-hybridized carbons (Fsp3) is 0.444. The largest absolute Gasteiger partial charge is 0.478 e. The van der Waals surface area contributed by atoms with Gasteiger partial charge >= 0.3 is 5.97 Å². The molecule has 24 heavy (non-hydrogen) atoms. The topological polar surface area (TPSA) is 70.1 Å². The molecule has 0 saturated carbocycles. The van der Waals surface area contributed by atoms with Gasteiger partial charge in [-0.25, -0.2) is 4.79 Å². The summed E-state index contributed by atoms with van der Waals surface area (Å²) in [6, 6.07) is 6.71. The number of ether oxygens (including phenoxy) is 1. The molecule has 1 saturated heterocycles. The molecule has 0 aromatic heterocycles. The number of amides is 1. The lowest BCUT2D eigenvalue weighted by Crippen LogP contribution is -2.38. The number of carbonyl (C=O) groups excluding carboxylic acids is 1. The van der Waals surface area contributed by atoms with E-state index in [0.29, 0.717) is 12.6 Å². The predicted molar refractivity (Wildman–Crippen MR) is 91.9 cm³/mol. The van der Waals surface area contributed by atoms with Gasteiger partial charge in [0.15, 0.2) is 0 Å². The van der Waals surface area contributed by atoms with Crippen LogP contribution in [0.25, 0.3) is 6.08 Å². The minimum Gasteiger partial charge on any atom is -0.478 e. The van der Waals surface area contributed by atoms with E-state index < -0.39 is 5.97 Å². The van der Waals surface area contributed by atoms with Gasteiger partial charge in [0.05, 0.1) is 11.7 Å². The van der Waals surface area contributed by atoms with Crippen LogP contribution in [0.3, 0.4) is 0 Å². The Bertz CT molecular complexity index is 612. The maximum Gasteiger partial charge on any atom is 0.335 e. The monoisotopic (exact) mass is 332 g/mol. The molecule has 0 aliphatic carbocycles. The Morgan fingerprint density at radius 3 is 2.58 bits per heavy atom. The van der Waals surface area contributed by atoms with Gasteiger partial charge < -0.3 is 14.7 Å². The Morgan fingerprint density at radius 2 is 2.04 bits per heavy atom. The van der Waals surface area contributed by atoms with E-state index in [1.807, 2.05) is 7.05 Å². The van der Waals surface area contributed by atoms with Crippen LogP contribution >= 0.6 is 0 Å². The average Bonchev–Trinajstić information content (AvgIpc) is 2.92. The lowest BCUT2D eigenvalue weighted by atomic mass is 10.1. The summed E-state index contributed by atoms with van der Waals surface area (Å²) < 4.78 is 5.38. The summed E-state index contributed by atoms with van der Waals surface area (Å²) >= 11 is 0. The number of carboxylic acids is 1. The first kappa shape index (κ1) is 18.2. The molecule has 2 rings (SSSR count). The van der Waals surface area contributed by atoms with Crippen molar-refractivity contribution in [3.8, 4) is 0 Å². The first-order valence-electron chi connectivity index (χ1n) is 7.90. The molecule has 130 valence electrons. The number of benzene rings is 1. The van der Waals surface area contributed by atoms with Crippen molar-refractivity contribution in [2.45, 2.75) is 18.6 Å². The van der Waals surface area contributed by atoms with Crippen LogP contribution in [0.1, 0.15) is 22.3 Å². The highest BCUT2D eigenvalue weighted by Crippen LogP contribution is 2.18. The highest BCUT2D eigenvalue weighted by atomic mass is 16.5. The summed E-state index contributed by atoms with van der Waals surface area (Å²) in [5.41, 5.74) is 1.02. The zero-order valence-electron chi connectivity index (χ0n) is 14.3. The number of aromatic carboxylic acids is 1. The second-order valence-corrected chi connectivity index (χ2v) is 6.17. The second-order valence-electron chi connectivity index (χ2n) is 6.17. The molecule has 1 amide bonds. The summed E-state index contributed by atoms with van der Waals surface area (Å²) in [7, 11) is 5.55. The van der Waals surface area contributed by atoms with Gasteiger partial charge in [0.2, 0.25) is 5.91 Å². The Kier molecular flexibility index (Phi) is 6.11. The number of likely N-dealkylation sites (N-methyl/N-ethyl adjacent to an activating group) is 2. The van der Waals surface area contributed by atoms with Crippen molar-refractivity contribution in [1.82, 2.24) is 9.80 Å². The quantitative estimate of drug-likeness (QED) is 0.801. The van der Waals surface area contributed by atoms with E-state index in [4.69, 9.17) is 9.84 Å². The summed E-state index contributed by atoms with van der Waals surface area (Å²) in [5, 5.41) is 8.87. The Hall–Kier alpha value is -2.18. The van der Waals surface area contributed by atoms with Crippen LogP contribution < -0.4 is 0 Å². The third kappa shape index (κ3) is 4.66. The number of carbonyl (C=O) groups is 2. The van der Waals surface area contributed by atoms with E-state index in [2.05, 4.69) is 4.90 Å². The van der Waals surface area contributed by atoms with Crippen LogP contribution in [0.5, 0.6) is 0 Å². The molecule has 0 radical (unpaired) electrons. The number of carboxylic acid groups (broad SMARTS) is 1. The van der Waals surface area contributed by atoms with Crippen LogP contribution in [0.2, 0.25) is 0 Å². The fourth-order valence-corrected chi connectivity index (χ4v) is 2.85. The third-order valence-corrected chi connectivity index (χ3v) is 4.42. The SMILES string of the molecule is CO[C@H]1C[C@@H](CN(C)C(=O)/C=C/c2ccc(C(=O)O)cc2)N(C)C1. The molecule has 0 bridgehead atoms. The van der Waals surface area contributed by atoms with Crippen molar-refractivity contribution >= 4 is 18.0 Å². The Morgan fingerprint density at radius 1 is 1.38 bits per heavy atom. The van der Waals surface area contributed by atoms with Crippen molar-refractivity contribution in [3.63, 3.8) is 0 Å². The van der Waals surface area contributed by atoms with Crippen LogP contribution in [0, 0.1) is 0 Å². The lowest BCUT2D eigenvalue weighted by Gasteiger charge is -2.24. The van der Waals surface area contributed by atoms with E-state index in [0.717, 1.165) is 18.5 Å². The number of methoxy groups -OCH3 is 1. The number of rotatable bonds is 6. The van der Waals surface area contributed by atoms with E-state index in [-0.39, 0.29) is 17.6 Å². The van der Waals surface area contributed by atoms with Gasteiger partial charge in [-0.15, -0.1) is 0 Å². The van der Waals surface area contributed by atoms with Gasteiger partial charge in [-0.3, -0.25) is 9.69 Å². The average molecular weight is 332 g/mol. The predicted octanol–water partition coefficient (Wildman–Crippen LogP) is 1.58. The second kappa shape index (κ2) is 8.08. The standard InChI is InChI=1S/C18H24N2O4/c1-19-12-16(24-3)10-15(19)11-20(2)17(21)9-6-13-4-7-14(8-5-13)18(22)23/h4-9,15-16H,10-12H2,1-3H3,(H,22,23)/b9-6+/t15-,16-/m0/s1. The Balaban J connectivity index is 1.90. The molecule has 0 spiro atoms. The van der Waals surface area contributed by atoms with Gasteiger partial charge in [0, 0.05) is 39.4 Å². The summed E-state index contributed by atoms with van der Waals surface area (Å²) in [6.07, 6.45) is 4.36. The molecule has 1 aromatic rings. The van der Waals surface area contributed by atoms with E-state index >= 15 is 0 Å². The smallest absolute Gasteiger partial charge is 0.335 e. The number of nitrogens with zero attached hydrogens (tertiary/aromatic N) is 2. The van der Waals surface area contributed by atoms with Crippen molar-refractivity contribution in [1.29, 1.82) is 0 Å². The molecule has 2 atom stereocenters. The molecule has 6 heteroatoms. The molecule has 1 aliphatic rings. The van der Waals surface area contributed by atoms with Gasteiger partial charge in [-0.05, 0) is 37.2 Å². The maximum absolute atomic E-state index is 12.2. The van der Waals surface area contributed by atoms with Crippen molar-refractivity contribution in [2.75, 3.05) is 34.3 Å². The van der Waals surface area contributed by atoms with Crippen molar-refractivity contribution in [3.05, 3.63) is 41.5 Å². The molecule has 1 aliphatic heterocycles. The van der Waals surface area contributed by atoms with Gasteiger partial charge in [0.1, 0.15) is 0 Å². The zero-order valence-corrected chi connectivity index (χ0v) is 14.3. The molecule has 1 fully saturated rings. The van der Waals surface area contributed by atoms with Crippen molar-refractivity contribution in [2.24, 2.45) is 0 Å². The number of hydrogen-bond acceptors (Lipinski definition) is 4. The van der Waals surface area contributed by atoms with Gasteiger partial charge in [-0.2, -0.15) is 0 Å². The maximum atomic E-state index is 12.2. The first-order valence-corrected chi connectivity index (χ1v) is 7.90. The van der Waals surface area contributed by atoms with E-state index in [9.17, 15) is 9.59 Å². The van der Waals surface area contributed by atoms with Crippen LogP contribution in [-0.2, 0) is 9.53 Å². The highest BCUT2D eigenvalue weighted by molar-refractivity contribution is 5.92. The molecular formula is C18H24N2O4. The normalized spacial score (nSPS) is 21.3. The van der Waals surface area contributed by atoms with Crippen LogP contribution in [-0.4, -0.2) is 73.2 Å². The third-order valence-electron chi connectivity index (χ3n) is 4.42. The first-order chi connectivity index (χ1) is 11.4. The molecular weight excluding hydrogens is 308 g/mol. The van der Waals surface area contributed by atoms with E-state index in [1.54, 1.807) is 37.3 Å². The Labute approximate surface area is 142 Å². The number of likely N-dealkylation sites (tertiary alicyclic amines) is 1. The highest BCUT2D eigenvalue weighted by Gasteiger charge is 2.30. The molecule has 6 nitrogen and oxygen atoms in total.